The van der Waals surface area contributed by atoms with E-state index in [2.05, 4.69) is 6.07 Å². The summed E-state index contributed by atoms with van der Waals surface area (Å²) < 4.78 is 11.0. The number of furan rings is 1. The lowest BCUT2D eigenvalue weighted by atomic mass is 10.1. The number of hydrogen-bond acceptors (Lipinski definition) is 5. The SMILES string of the molecule is Cc1cc(C#N)cc(C)c1OCc1cc(C(=O)NN)co1. The molecule has 1 amide bonds. The lowest BCUT2D eigenvalue weighted by Crippen LogP contribution is -2.29. The number of nitriles is 1. The molecule has 2 aromatic rings. The van der Waals surface area contributed by atoms with Crippen LogP contribution in [0.2, 0.25) is 0 Å². The van der Waals surface area contributed by atoms with Gasteiger partial charge in [0.1, 0.15) is 24.4 Å². The molecule has 0 bridgehead atoms. The van der Waals surface area contributed by atoms with E-state index in [1.165, 1.54) is 6.26 Å². The van der Waals surface area contributed by atoms with Crippen molar-refractivity contribution in [2.45, 2.75) is 20.5 Å². The molecule has 6 nitrogen and oxygen atoms in total. The van der Waals surface area contributed by atoms with Gasteiger partial charge in [-0.05, 0) is 43.2 Å². The lowest BCUT2D eigenvalue weighted by Gasteiger charge is -2.11. The smallest absolute Gasteiger partial charge is 0.268 e. The van der Waals surface area contributed by atoms with Gasteiger partial charge < -0.3 is 9.15 Å². The molecule has 6 heteroatoms. The highest BCUT2D eigenvalue weighted by molar-refractivity contribution is 5.93. The fraction of sp³-hybridized carbons (Fsp3) is 0.200. The Balaban J connectivity index is 2.12. The van der Waals surface area contributed by atoms with Crippen LogP contribution in [0.15, 0.2) is 28.9 Å². The fourth-order valence-electron chi connectivity index (χ4n) is 2.04. The Hall–Kier alpha value is -2.78. The van der Waals surface area contributed by atoms with E-state index < -0.39 is 5.91 Å². The number of carbonyl (C=O) groups excluding carboxylic acids is 1. The molecule has 1 aromatic heterocycles. The molecule has 0 aliphatic carbocycles. The molecule has 21 heavy (non-hydrogen) atoms. The Kier molecular flexibility index (Phi) is 4.26. The topological polar surface area (TPSA) is 101 Å². The van der Waals surface area contributed by atoms with Gasteiger partial charge in [0.15, 0.2) is 0 Å². The number of amides is 1. The molecule has 0 fully saturated rings. The quantitative estimate of drug-likeness (QED) is 0.508. The van der Waals surface area contributed by atoms with Gasteiger partial charge in [0.05, 0.1) is 17.2 Å². The minimum absolute atomic E-state index is 0.186. The summed E-state index contributed by atoms with van der Waals surface area (Å²) in [6.07, 6.45) is 1.32. The van der Waals surface area contributed by atoms with Gasteiger partial charge in [-0.2, -0.15) is 5.26 Å². The van der Waals surface area contributed by atoms with Crippen LogP contribution >= 0.6 is 0 Å². The molecular weight excluding hydrogens is 270 g/mol. The first-order chi connectivity index (χ1) is 10.0. The highest BCUT2D eigenvalue weighted by Gasteiger charge is 2.11. The van der Waals surface area contributed by atoms with Gasteiger partial charge in [-0.15, -0.1) is 0 Å². The second-order valence-corrected chi connectivity index (χ2v) is 4.61. The van der Waals surface area contributed by atoms with Gasteiger partial charge in [-0.3, -0.25) is 10.2 Å². The summed E-state index contributed by atoms with van der Waals surface area (Å²) in [6.45, 7) is 3.93. The molecule has 3 N–H and O–H groups in total. The molecule has 0 atom stereocenters. The van der Waals surface area contributed by atoms with Gasteiger partial charge in [-0.25, -0.2) is 5.84 Å². The summed E-state index contributed by atoms with van der Waals surface area (Å²) in [5.74, 6) is 5.84. The molecule has 2 rings (SSSR count). The second kappa shape index (κ2) is 6.11. The average molecular weight is 285 g/mol. The van der Waals surface area contributed by atoms with E-state index in [9.17, 15) is 4.79 Å². The summed E-state index contributed by atoms with van der Waals surface area (Å²) in [4.78, 5) is 11.3. The molecule has 108 valence electrons. The van der Waals surface area contributed by atoms with Crippen molar-refractivity contribution in [1.29, 1.82) is 5.26 Å². The van der Waals surface area contributed by atoms with Crippen molar-refractivity contribution in [2.24, 2.45) is 5.84 Å². The second-order valence-electron chi connectivity index (χ2n) is 4.61. The number of carbonyl (C=O) groups is 1. The summed E-state index contributed by atoms with van der Waals surface area (Å²) >= 11 is 0. The van der Waals surface area contributed by atoms with Gasteiger partial charge in [0, 0.05) is 0 Å². The predicted octanol–water partition coefficient (Wildman–Crippen LogP) is 1.95. The number of nitrogens with two attached hydrogens (primary N) is 1. The molecular formula is C15H15N3O3. The number of rotatable bonds is 4. The molecule has 0 spiro atoms. The van der Waals surface area contributed by atoms with Crippen LogP contribution in [0, 0.1) is 25.2 Å². The number of ether oxygens (including phenoxy) is 1. The lowest BCUT2D eigenvalue weighted by molar-refractivity contribution is 0.0953. The minimum atomic E-state index is -0.421. The maximum absolute atomic E-state index is 11.3. The van der Waals surface area contributed by atoms with Crippen molar-refractivity contribution in [3.8, 4) is 11.8 Å². The summed E-state index contributed by atoms with van der Waals surface area (Å²) in [5.41, 5.74) is 4.71. The third kappa shape index (κ3) is 3.22. The van der Waals surface area contributed by atoms with Crippen molar-refractivity contribution in [1.82, 2.24) is 5.43 Å². The summed E-state index contributed by atoms with van der Waals surface area (Å²) in [6, 6.07) is 7.19. The van der Waals surface area contributed by atoms with Gasteiger partial charge >= 0.3 is 0 Å². The van der Waals surface area contributed by atoms with E-state index in [4.69, 9.17) is 20.3 Å². The minimum Gasteiger partial charge on any atom is -0.485 e. The number of aryl methyl sites for hydroxylation is 2. The van der Waals surface area contributed by atoms with E-state index in [1.54, 1.807) is 18.2 Å². The molecule has 0 aliphatic heterocycles. The Morgan fingerprint density at radius 2 is 2.05 bits per heavy atom. The molecule has 0 aliphatic rings. The highest BCUT2D eigenvalue weighted by atomic mass is 16.5. The van der Waals surface area contributed by atoms with Crippen LogP contribution in [0.3, 0.4) is 0 Å². The molecule has 0 unspecified atom stereocenters. The zero-order chi connectivity index (χ0) is 15.4. The number of benzene rings is 1. The number of hydrogen-bond donors (Lipinski definition) is 2. The van der Waals surface area contributed by atoms with Crippen LogP contribution in [-0.2, 0) is 6.61 Å². The van der Waals surface area contributed by atoms with Crippen LogP contribution in [0.25, 0.3) is 0 Å². The number of nitrogens with zero attached hydrogens (tertiary/aromatic N) is 1. The van der Waals surface area contributed by atoms with E-state index in [0.717, 1.165) is 11.1 Å². The number of nitrogen functional groups attached to an aromatic ring is 1. The first-order valence-electron chi connectivity index (χ1n) is 6.27. The third-order valence-corrected chi connectivity index (χ3v) is 3.00. The van der Waals surface area contributed by atoms with Crippen LogP contribution < -0.4 is 16.0 Å². The standard InChI is InChI=1S/C15H15N3O3/c1-9-3-11(6-16)4-10(2)14(9)21-8-13-5-12(7-20-13)15(19)18-17/h3-5,7H,8,17H2,1-2H3,(H,18,19). The largest absolute Gasteiger partial charge is 0.485 e. The fourth-order valence-corrected chi connectivity index (χ4v) is 2.04. The first-order valence-corrected chi connectivity index (χ1v) is 6.27. The zero-order valence-corrected chi connectivity index (χ0v) is 11.8. The molecule has 0 saturated heterocycles. The van der Waals surface area contributed by atoms with E-state index in [-0.39, 0.29) is 6.61 Å². The maximum Gasteiger partial charge on any atom is 0.268 e. The van der Waals surface area contributed by atoms with E-state index in [0.29, 0.717) is 22.6 Å². The van der Waals surface area contributed by atoms with Crippen molar-refractivity contribution in [3.05, 3.63) is 52.5 Å². The van der Waals surface area contributed by atoms with Crippen molar-refractivity contribution < 1.29 is 13.9 Å². The third-order valence-electron chi connectivity index (χ3n) is 3.00. The average Bonchev–Trinajstić information content (AvgIpc) is 2.94. The van der Waals surface area contributed by atoms with Crippen LogP contribution in [0.4, 0.5) is 0 Å². The molecule has 0 radical (unpaired) electrons. The molecule has 0 saturated carbocycles. The van der Waals surface area contributed by atoms with Crippen molar-refractivity contribution in [3.63, 3.8) is 0 Å². The van der Waals surface area contributed by atoms with Gasteiger partial charge in [0.2, 0.25) is 0 Å². The Morgan fingerprint density at radius 3 is 2.62 bits per heavy atom. The van der Waals surface area contributed by atoms with Crippen LogP contribution in [0.1, 0.15) is 32.8 Å². The monoisotopic (exact) mass is 285 g/mol. The number of nitrogens with one attached hydrogen (secondary N) is 1. The molecule has 1 heterocycles. The molecule has 1 aromatic carbocycles. The highest BCUT2D eigenvalue weighted by Crippen LogP contribution is 2.25. The van der Waals surface area contributed by atoms with Crippen molar-refractivity contribution in [2.75, 3.05) is 0 Å². The van der Waals surface area contributed by atoms with Crippen LogP contribution in [0.5, 0.6) is 5.75 Å². The first kappa shape index (κ1) is 14.6. The Labute approximate surface area is 122 Å². The predicted molar refractivity (Wildman–Crippen MR) is 75.3 cm³/mol. The van der Waals surface area contributed by atoms with Crippen molar-refractivity contribution >= 4 is 5.91 Å². The Bertz CT molecular complexity index is 690. The number of hydrazine groups is 1. The van der Waals surface area contributed by atoms with E-state index in [1.807, 2.05) is 19.3 Å². The summed E-state index contributed by atoms with van der Waals surface area (Å²) in [5, 5.41) is 8.91. The van der Waals surface area contributed by atoms with Crippen LogP contribution in [-0.4, -0.2) is 5.91 Å². The van der Waals surface area contributed by atoms with Gasteiger partial charge in [-0.1, -0.05) is 0 Å². The Morgan fingerprint density at radius 1 is 1.38 bits per heavy atom. The normalized spacial score (nSPS) is 10.0. The summed E-state index contributed by atoms with van der Waals surface area (Å²) in [7, 11) is 0. The van der Waals surface area contributed by atoms with Gasteiger partial charge in [0.25, 0.3) is 5.91 Å². The maximum atomic E-state index is 11.3. The zero-order valence-electron chi connectivity index (χ0n) is 11.8. The van der Waals surface area contributed by atoms with E-state index >= 15 is 0 Å².